The van der Waals surface area contributed by atoms with Crippen LogP contribution >= 0.6 is 23.5 Å². The lowest BCUT2D eigenvalue weighted by atomic mass is 10.2. The molecule has 6 heteroatoms. The number of hydrogen-bond acceptors (Lipinski definition) is 6. The van der Waals surface area contributed by atoms with Gasteiger partial charge in [0.2, 0.25) is 0 Å². The number of fused-ring (bicyclic) bond motifs is 1. The number of esters is 2. The van der Waals surface area contributed by atoms with Crippen LogP contribution in [0.2, 0.25) is 0 Å². The van der Waals surface area contributed by atoms with E-state index in [4.69, 9.17) is 9.47 Å². The van der Waals surface area contributed by atoms with Gasteiger partial charge in [-0.1, -0.05) is 6.07 Å². The van der Waals surface area contributed by atoms with Gasteiger partial charge in [0.25, 0.3) is 0 Å². The largest absolute Gasteiger partial charge is 0.465 e. The summed E-state index contributed by atoms with van der Waals surface area (Å²) in [5.41, 5.74) is 1.16. The van der Waals surface area contributed by atoms with Crippen LogP contribution in [-0.2, 0) is 19.1 Å². The average Bonchev–Trinajstić information content (AvgIpc) is 2.81. The molecule has 2 rings (SSSR count). The fraction of sp³-hybridized carbons (Fsp3) is 0.467. The molecule has 0 aliphatic carbocycles. The van der Waals surface area contributed by atoms with E-state index in [1.807, 2.05) is 19.1 Å². The number of ether oxygens (including phenoxy) is 2. The van der Waals surface area contributed by atoms with Gasteiger partial charge in [-0.3, -0.25) is 9.59 Å². The van der Waals surface area contributed by atoms with E-state index in [9.17, 15) is 9.59 Å². The molecule has 1 heterocycles. The Morgan fingerprint density at radius 3 is 2.24 bits per heavy atom. The molecule has 4 nitrogen and oxygen atoms in total. The second-order valence-corrected chi connectivity index (χ2v) is 7.20. The van der Waals surface area contributed by atoms with Gasteiger partial charge in [0.1, 0.15) is 0 Å². The summed E-state index contributed by atoms with van der Waals surface area (Å²) in [6, 6.07) is 6.12. The van der Waals surface area contributed by atoms with Crippen molar-refractivity contribution in [2.45, 2.75) is 35.1 Å². The van der Waals surface area contributed by atoms with E-state index in [-0.39, 0.29) is 17.8 Å². The van der Waals surface area contributed by atoms with Gasteiger partial charge in [0.15, 0.2) is 5.92 Å². The number of thioether (sulfide) groups is 2. The molecule has 0 radical (unpaired) electrons. The van der Waals surface area contributed by atoms with Gasteiger partial charge < -0.3 is 9.47 Å². The van der Waals surface area contributed by atoms with Crippen molar-refractivity contribution in [2.24, 2.45) is 5.92 Å². The van der Waals surface area contributed by atoms with Crippen molar-refractivity contribution in [1.29, 1.82) is 0 Å². The second-order valence-electron chi connectivity index (χ2n) is 4.54. The van der Waals surface area contributed by atoms with Gasteiger partial charge in [-0.15, -0.1) is 23.5 Å². The fourth-order valence-electron chi connectivity index (χ4n) is 2.00. The molecule has 0 N–H and O–H groups in total. The van der Waals surface area contributed by atoms with Crippen LogP contribution in [-0.4, -0.2) is 29.7 Å². The van der Waals surface area contributed by atoms with Gasteiger partial charge in [0, 0.05) is 9.79 Å². The quantitative estimate of drug-likeness (QED) is 0.611. The first-order chi connectivity index (χ1) is 10.1. The maximum atomic E-state index is 12.1. The molecule has 0 spiro atoms. The zero-order valence-corrected chi connectivity index (χ0v) is 13.9. The Kier molecular flexibility index (Phi) is 5.58. The smallest absolute Gasteiger partial charge is 0.322 e. The summed E-state index contributed by atoms with van der Waals surface area (Å²) in [6.45, 7) is 5.99. The highest BCUT2D eigenvalue weighted by Gasteiger charge is 2.42. The van der Waals surface area contributed by atoms with Crippen molar-refractivity contribution in [3.05, 3.63) is 23.8 Å². The predicted octanol–water partition coefficient (Wildman–Crippen LogP) is 3.26. The maximum absolute atomic E-state index is 12.1. The van der Waals surface area contributed by atoms with E-state index in [2.05, 4.69) is 6.07 Å². The lowest BCUT2D eigenvalue weighted by molar-refractivity contribution is -0.160. The van der Waals surface area contributed by atoms with Crippen molar-refractivity contribution in [3.8, 4) is 0 Å². The van der Waals surface area contributed by atoms with Crippen LogP contribution in [0.25, 0.3) is 0 Å². The normalized spacial score (nSPS) is 16.7. The Bertz CT molecular complexity index is 526. The first-order valence-corrected chi connectivity index (χ1v) is 8.60. The molecule has 0 aromatic heterocycles. The fourth-order valence-corrected chi connectivity index (χ4v) is 5.08. The van der Waals surface area contributed by atoms with Gasteiger partial charge in [-0.2, -0.15) is 0 Å². The molecule has 1 aliphatic rings. The molecule has 0 bridgehead atoms. The molecule has 0 amide bonds. The number of carbonyl (C=O) groups is 2. The van der Waals surface area contributed by atoms with Crippen LogP contribution < -0.4 is 0 Å². The lowest BCUT2D eigenvalue weighted by Gasteiger charge is -2.18. The highest BCUT2D eigenvalue weighted by molar-refractivity contribution is 8.19. The monoisotopic (exact) mass is 326 g/mol. The van der Waals surface area contributed by atoms with Gasteiger partial charge in [-0.05, 0) is 38.5 Å². The molecule has 0 saturated carbocycles. The molecule has 1 aliphatic heterocycles. The van der Waals surface area contributed by atoms with Gasteiger partial charge in [-0.25, -0.2) is 0 Å². The molecular weight excluding hydrogens is 308 g/mol. The Morgan fingerprint density at radius 2 is 1.67 bits per heavy atom. The Labute approximate surface area is 133 Å². The summed E-state index contributed by atoms with van der Waals surface area (Å²) in [6.07, 6.45) is 0. The molecule has 1 atom stereocenters. The van der Waals surface area contributed by atoms with Crippen molar-refractivity contribution >= 4 is 35.5 Å². The zero-order chi connectivity index (χ0) is 15.4. The summed E-state index contributed by atoms with van der Waals surface area (Å²) >= 11 is 3.05. The van der Waals surface area contributed by atoms with Crippen molar-refractivity contribution in [1.82, 2.24) is 0 Å². The van der Waals surface area contributed by atoms with Gasteiger partial charge >= 0.3 is 11.9 Å². The second kappa shape index (κ2) is 7.22. The van der Waals surface area contributed by atoms with Crippen LogP contribution in [0.15, 0.2) is 28.0 Å². The lowest BCUT2D eigenvalue weighted by Crippen LogP contribution is -2.34. The standard InChI is InChI=1S/C15H18O4S2/c1-4-18-13(16)12(14(17)19-5-2)15-20-10-7-6-9(3)8-11(10)21-15/h6-8,12,15H,4-5H2,1-3H3. The molecule has 1 aromatic rings. The van der Waals surface area contributed by atoms with Crippen LogP contribution in [0.3, 0.4) is 0 Å². The van der Waals surface area contributed by atoms with E-state index in [0.29, 0.717) is 0 Å². The van der Waals surface area contributed by atoms with Crippen LogP contribution in [0.4, 0.5) is 0 Å². The average molecular weight is 326 g/mol. The highest BCUT2D eigenvalue weighted by Crippen LogP contribution is 2.51. The summed E-state index contributed by atoms with van der Waals surface area (Å²) in [4.78, 5) is 26.4. The summed E-state index contributed by atoms with van der Waals surface area (Å²) in [5, 5.41) is 0. The predicted molar refractivity (Wildman–Crippen MR) is 83.4 cm³/mol. The molecule has 21 heavy (non-hydrogen) atoms. The third kappa shape index (κ3) is 3.74. The summed E-state index contributed by atoms with van der Waals surface area (Å²) in [5.74, 6) is -1.91. The molecule has 114 valence electrons. The van der Waals surface area contributed by atoms with Crippen LogP contribution in [0.1, 0.15) is 19.4 Å². The molecule has 0 saturated heterocycles. The third-order valence-electron chi connectivity index (χ3n) is 2.94. The minimum atomic E-state index is -0.896. The first-order valence-electron chi connectivity index (χ1n) is 6.84. The number of benzene rings is 1. The molecular formula is C15H18O4S2. The summed E-state index contributed by atoms with van der Waals surface area (Å²) < 4.78 is 9.84. The van der Waals surface area contributed by atoms with Crippen molar-refractivity contribution < 1.29 is 19.1 Å². The Morgan fingerprint density at radius 1 is 1.10 bits per heavy atom. The van der Waals surface area contributed by atoms with Crippen molar-refractivity contribution in [3.63, 3.8) is 0 Å². The van der Waals surface area contributed by atoms with E-state index < -0.39 is 17.9 Å². The Hall–Kier alpha value is -1.14. The number of aryl methyl sites for hydroxylation is 1. The van der Waals surface area contributed by atoms with Crippen LogP contribution in [0.5, 0.6) is 0 Å². The van der Waals surface area contributed by atoms with Crippen LogP contribution in [0, 0.1) is 12.8 Å². The number of hydrogen-bond donors (Lipinski definition) is 0. The van der Waals surface area contributed by atoms with E-state index in [0.717, 1.165) is 15.4 Å². The number of carbonyl (C=O) groups excluding carboxylic acids is 2. The van der Waals surface area contributed by atoms with E-state index >= 15 is 0 Å². The first kappa shape index (κ1) is 16.2. The molecule has 1 unspecified atom stereocenters. The topological polar surface area (TPSA) is 52.6 Å². The summed E-state index contributed by atoms with van der Waals surface area (Å²) in [7, 11) is 0. The Balaban J connectivity index is 2.19. The van der Waals surface area contributed by atoms with E-state index in [1.54, 1.807) is 13.8 Å². The van der Waals surface area contributed by atoms with Crippen molar-refractivity contribution in [2.75, 3.05) is 13.2 Å². The molecule has 1 aromatic carbocycles. The molecule has 0 fully saturated rings. The zero-order valence-electron chi connectivity index (χ0n) is 12.3. The SMILES string of the molecule is CCOC(=O)C(C(=O)OCC)C1Sc2ccc(C)cc2S1. The van der Waals surface area contributed by atoms with Gasteiger partial charge in [0.05, 0.1) is 17.8 Å². The third-order valence-corrected chi connectivity index (χ3v) is 5.86. The van der Waals surface area contributed by atoms with E-state index in [1.165, 1.54) is 23.5 Å². The minimum absolute atomic E-state index is 0.236. The maximum Gasteiger partial charge on any atom is 0.322 e. The minimum Gasteiger partial charge on any atom is -0.465 e. The number of rotatable bonds is 5. The highest BCUT2D eigenvalue weighted by atomic mass is 32.2.